The molecule has 8 bridgehead atoms. The molecule has 12 aliphatic rings. The molecular weight excluding hydrogens is 1810 g/mol. The van der Waals surface area contributed by atoms with E-state index >= 15 is 0 Å². The Kier molecular flexibility index (Phi) is 53.4. The number of hydrogen-bond donors (Lipinski definition) is 7. The molecule has 0 aromatic rings. The highest BCUT2D eigenvalue weighted by atomic mass is 16.6. The molecule has 0 fully saturated rings. The molecule has 12 heterocycles. The molecule has 22 nitrogen and oxygen atoms in total. The van der Waals surface area contributed by atoms with Crippen molar-refractivity contribution in [2.45, 2.75) is 382 Å². The van der Waals surface area contributed by atoms with Crippen LogP contribution in [0.2, 0.25) is 0 Å². The number of fused-ring (bicyclic) bond motifs is 8. The predicted octanol–water partition coefficient (Wildman–Crippen LogP) is 20.7. The average Bonchev–Trinajstić information content (AvgIpc) is 0.884. The van der Waals surface area contributed by atoms with Gasteiger partial charge in [0.1, 0.15) is 30.5 Å². The van der Waals surface area contributed by atoms with Crippen LogP contribution >= 0.6 is 0 Å². The van der Waals surface area contributed by atoms with Gasteiger partial charge in [-0.3, -0.25) is 4.79 Å². The van der Waals surface area contributed by atoms with Crippen LogP contribution in [0.4, 0.5) is 0 Å². The summed E-state index contributed by atoms with van der Waals surface area (Å²) in [4.78, 5) is 50.3. The van der Waals surface area contributed by atoms with Crippen molar-refractivity contribution in [3.63, 3.8) is 0 Å². The molecule has 0 radical (unpaired) electrons. The molecule has 7 N–H and O–H groups in total. The molecule has 12 rings (SSSR count). The highest BCUT2D eigenvalue weighted by Gasteiger charge is 2.31. The molecule has 0 aromatic carbocycles. The van der Waals surface area contributed by atoms with Crippen LogP contribution in [-0.4, -0.2) is 220 Å². The van der Waals surface area contributed by atoms with E-state index in [0.717, 1.165) is 125 Å². The van der Waals surface area contributed by atoms with Crippen molar-refractivity contribution < 1.29 is 107 Å². The summed E-state index contributed by atoms with van der Waals surface area (Å²) < 4.78 is 64.6. The number of carbonyl (C=O) groups excluding carboxylic acids is 4. The minimum atomic E-state index is -1.01. The maximum absolute atomic E-state index is 12.7. The fourth-order valence-corrected chi connectivity index (χ4v) is 19.6. The molecule has 784 valence electrons. The zero-order chi connectivity index (χ0) is 103. The third-order valence-corrected chi connectivity index (χ3v) is 27.0. The topological polar surface area (TPSA) is 311 Å². The lowest BCUT2D eigenvalue weighted by atomic mass is 9.90. The van der Waals surface area contributed by atoms with Gasteiger partial charge in [-0.25, -0.2) is 14.4 Å². The Bertz CT molecular complexity index is 4560. The molecule has 143 heavy (non-hydrogen) atoms. The van der Waals surface area contributed by atoms with Crippen molar-refractivity contribution in [2.24, 2.45) is 29.6 Å². The highest BCUT2D eigenvalue weighted by molar-refractivity contribution is 5.95. The van der Waals surface area contributed by atoms with Crippen LogP contribution in [0.1, 0.15) is 248 Å². The van der Waals surface area contributed by atoms with E-state index < -0.39 is 66.9 Å². The predicted molar refractivity (Wildman–Crippen MR) is 565 cm³/mol. The lowest BCUT2D eigenvalue weighted by molar-refractivity contribution is -0.147. The summed E-state index contributed by atoms with van der Waals surface area (Å²) in [6, 6.07) is 0. The summed E-state index contributed by atoms with van der Waals surface area (Å²) in [6.45, 7) is 36.1. The van der Waals surface area contributed by atoms with Gasteiger partial charge in [-0.1, -0.05) is 293 Å². The van der Waals surface area contributed by atoms with Gasteiger partial charge < -0.3 is 87.9 Å². The second-order valence-corrected chi connectivity index (χ2v) is 41.4. The third kappa shape index (κ3) is 49.0. The number of rotatable bonds is 12. The first-order chi connectivity index (χ1) is 68.7. The van der Waals surface area contributed by atoms with Crippen LogP contribution in [0, 0.1) is 41.4 Å². The van der Waals surface area contributed by atoms with Crippen LogP contribution in [-0.2, 0) is 71.3 Å². The number of carbonyl (C=O) groups is 4. The molecule has 0 spiro atoms. The summed E-state index contributed by atoms with van der Waals surface area (Å²) in [5, 5.41) is 74.4. The first-order valence-corrected chi connectivity index (χ1v) is 52.5. The van der Waals surface area contributed by atoms with Crippen molar-refractivity contribution in [1.82, 2.24) is 0 Å². The zero-order valence-corrected chi connectivity index (χ0v) is 86.3. The molecule has 0 aliphatic carbocycles. The Morgan fingerprint density at radius 3 is 1.01 bits per heavy atom. The largest absolute Gasteiger partial charge is 0.459 e. The number of aliphatic hydroxyl groups is 7. The van der Waals surface area contributed by atoms with E-state index in [9.17, 15) is 54.9 Å². The number of esters is 3. The molecular formula is C121H168O22. The van der Waals surface area contributed by atoms with Gasteiger partial charge in [0.05, 0.1) is 130 Å². The van der Waals surface area contributed by atoms with Crippen molar-refractivity contribution in [3.05, 3.63) is 277 Å². The Labute approximate surface area is 853 Å². The minimum Gasteiger partial charge on any atom is -0.459 e. The van der Waals surface area contributed by atoms with Crippen molar-refractivity contribution in [1.29, 1.82) is 0 Å². The standard InChI is InChI=1S/C31H42O5.2C30H42O6.C30H42O5/c1-22-15-16-35-29(19-22)13-14-31(34)25-7-4-8-26(32)18-23(2)17-24(3)20-30-12-6-11-28(36-30)10-5-9-27(33)21-25;2*1-21-15-16-34-26(19-21)13-14-28(32)29-11-4-7-24(31)18-22(2)17-23(3)20-27-10-5-8-25(35-27)9-6-12-30(33)36-29;1-22-16-17-33-28(20-22)13-5-11-27-9-4-8-25(31)19-23(2)18-24(3)21-29-14-6-10-26(34-29)12-7-15-30(32)35-27/h4,6,8,11,13-15,24-26,28-32,34H,2,7,10,12,16-21H2,1,3H3;2*4-8,12-15,23-29,31-32H,2,9-11,16-20H2,1,3H3;4-8,10,13,15-16,24-29,31H,2,9,11-12,14,17-21H2,1,3H3/b8-4+,14-13+;7-4+,12-6+,14-13+;7-4+,12-6-,14-13+;8-4+,13-5+,15-7-/t24-,25+,26+,28+,29+,30-,31-;2*23-,24+,25-,26+,27-,28-,29-;24-,25+,26-,27-,28+,29-/m0000/s1. The number of ether oxygens (including phenoxy) is 11. The van der Waals surface area contributed by atoms with E-state index in [4.69, 9.17) is 52.1 Å². The maximum atomic E-state index is 12.7. The van der Waals surface area contributed by atoms with E-state index in [1.807, 2.05) is 72.9 Å². The normalized spacial score (nSPS) is 35.5. The van der Waals surface area contributed by atoms with Crippen LogP contribution < -0.4 is 0 Å². The quantitative estimate of drug-likeness (QED) is 0.0314. The second-order valence-electron chi connectivity index (χ2n) is 41.4. The van der Waals surface area contributed by atoms with Crippen LogP contribution in [0.5, 0.6) is 0 Å². The Hall–Kier alpha value is -8.94. The molecule has 22 heteroatoms. The molecule has 0 saturated carbocycles. The smallest absolute Gasteiger partial charge is 0.330 e. The Balaban J connectivity index is 0.000000213. The van der Waals surface area contributed by atoms with Crippen LogP contribution in [0.15, 0.2) is 277 Å². The molecule has 0 saturated heterocycles. The first kappa shape index (κ1) is 118. The SMILES string of the molecule is C=C1C[C@H](C)C[C@@H]2CC=C[C@@H](C/C=C/C(=O)O[C@H]([C@@H](O)/C=C/[C@@H]3CC(C)=CCO3)C/C=C/[C@@H](O)C1)O2.C=C1C[C@H](C)C[C@@H]2CC=C[C@@H](C/C=C\C(=O)O[C@H](C/C=C/[C@@H]3CC(C)=CCO3)C/C=C/[C@@H](O)C1)O2.C=C1C[C@H](C)C[C@@H]2CC=C[C@@H](C/C=C\C(=O)O[C@H]([C@@H](O)/C=C/[C@@H]3CC(C)=CCO3)C/C=C/[C@@H](O)C1)O2.C=C1C[C@H](C)C[C@@H]2CC=C[C@@H](CC#CC(=O)C[C@H]([C@@H](O)/C=C/[C@@H]3CC(C)=CCO3)C/C=C/[C@@H](O)C1)O2. The van der Waals surface area contributed by atoms with Gasteiger partial charge in [-0.15, -0.1) is 0 Å². The fourth-order valence-electron chi connectivity index (χ4n) is 19.6. The second kappa shape index (κ2) is 64.9. The lowest BCUT2D eigenvalue weighted by Crippen LogP contribution is -2.30. The number of cyclic esters (lactones) is 3. The van der Waals surface area contributed by atoms with Gasteiger partial charge in [0.2, 0.25) is 5.78 Å². The van der Waals surface area contributed by atoms with Gasteiger partial charge in [-0.05, 0) is 217 Å². The minimum absolute atomic E-state index is 0.0245. The van der Waals surface area contributed by atoms with E-state index in [1.54, 1.807) is 66.8 Å². The molecule has 0 amide bonds. The van der Waals surface area contributed by atoms with Crippen LogP contribution in [0.25, 0.3) is 0 Å². The lowest BCUT2D eigenvalue weighted by Gasteiger charge is -2.28. The molecule has 0 unspecified atom stereocenters. The summed E-state index contributed by atoms with van der Waals surface area (Å²) >= 11 is 0. The highest BCUT2D eigenvalue weighted by Crippen LogP contribution is 2.34. The van der Waals surface area contributed by atoms with Crippen molar-refractivity contribution in [3.8, 4) is 11.8 Å². The van der Waals surface area contributed by atoms with Gasteiger partial charge in [0.15, 0.2) is 0 Å². The van der Waals surface area contributed by atoms with Gasteiger partial charge >= 0.3 is 17.9 Å². The van der Waals surface area contributed by atoms with Gasteiger partial charge in [0.25, 0.3) is 0 Å². The van der Waals surface area contributed by atoms with Crippen molar-refractivity contribution >= 4 is 23.7 Å². The van der Waals surface area contributed by atoms with E-state index in [-0.39, 0.29) is 116 Å². The zero-order valence-electron chi connectivity index (χ0n) is 86.3. The van der Waals surface area contributed by atoms with Crippen molar-refractivity contribution in [2.75, 3.05) is 26.4 Å². The summed E-state index contributed by atoms with van der Waals surface area (Å²) in [5.41, 5.74) is 9.13. The first-order valence-electron chi connectivity index (χ1n) is 52.5. The Morgan fingerprint density at radius 1 is 0.350 bits per heavy atom. The summed E-state index contributed by atoms with van der Waals surface area (Å²) in [6.07, 6.45) is 76.5. The Morgan fingerprint density at radius 2 is 0.657 bits per heavy atom. The molecule has 27 atom stereocenters. The molecule has 0 aromatic heterocycles. The monoisotopic (exact) mass is 1970 g/mol. The summed E-state index contributed by atoms with van der Waals surface area (Å²) in [7, 11) is 0. The van der Waals surface area contributed by atoms with E-state index in [0.29, 0.717) is 121 Å². The van der Waals surface area contributed by atoms with Gasteiger partial charge in [-0.2, -0.15) is 0 Å². The number of ketones is 1. The fraction of sp³-hybridized carbons (Fsp3) is 0.570. The third-order valence-electron chi connectivity index (χ3n) is 27.0. The number of allylic oxidation sites excluding steroid dienone is 1. The number of Topliss-reactive ketones (excluding diaryl/α,β-unsaturated/α-hetero) is 1. The van der Waals surface area contributed by atoms with Gasteiger partial charge in [0, 0.05) is 56.8 Å². The number of aliphatic hydroxyl groups excluding tert-OH is 7. The average molecular weight is 1970 g/mol. The van der Waals surface area contributed by atoms with E-state index in [1.165, 1.54) is 40.5 Å². The summed E-state index contributed by atoms with van der Waals surface area (Å²) in [5.74, 6) is 5.44. The van der Waals surface area contributed by atoms with Crippen LogP contribution in [0.3, 0.4) is 0 Å². The maximum Gasteiger partial charge on any atom is 0.330 e. The number of hydrogen-bond acceptors (Lipinski definition) is 22. The van der Waals surface area contributed by atoms with E-state index in [2.05, 4.69) is 142 Å². The molecule has 12 aliphatic heterocycles.